The van der Waals surface area contributed by atoms with Gasteiger partial charge in [-0.1, -0.05) is 80.6 Å². The summed E-state index contributed by atoms with van der Waals surface area (Å²) in [6.07, 6.45) is -0.617. The van der Waals surface area contributed by atoms with E-state index < -0.39 is 30.1 Å². The van der Waals surface area contributed by atoms with Crippen LogP contribution in [-0.4, -0.2) is 66.3 Å². The number of carbonyl (C=O) groups is 4. The van der Waals surface area contributed by atoms with E-state index in [1.54, 1.807) is 18.2 Å². The average molecular weight is 636 g/mol. The van der Waals surface area contributed by atoms with E-state index in [0.717, 1.165) is 11.1 Å². The van der Waals surface area contributed by atoms with Gasteiger partial charge in [0.25, 0.3) is 0 Å². The molecule has 3 aromatic carbocycles. The number of aliphatic hydroxyl groups excluding tert-OH is 1. The van der Waals surface area contributed by atoms with Crippen molar-refractivity contribution in [1.82, 2.24) is 10.6 Å². The molecule has 0 aliphatic heterocycles. The van der Waals surface area contributed by atoms with Gasteiger partial charge in [-0.05, 0) is 47.6 Å². The number of primary amides is 1. The van der Waals surface area contributed by atoms with Crippen molar-refractivity contribution < 1.29 is 38.9 Å². The minimum Gasteiger partial charge on any atom is -0.493 e. The van der Waals surface area contributed by atoms with Crippen molar-refractivity contribution in [2.45, 2.75) is 64.1 Å². The molecule has 3 aromatic rings. The third-order valence-corrected chi connectivity index (χ3v) is 7.04. The molecule has 0 fully saturated rings. The van der Waals surface area contributed by atoms with E-state index in [1.807, 2.05) is 74.5 Å². The molecule has 3 rings (SSSR count). The van der Waals surface area contributed by atoms with E-state index in [-0.39, 0.29) is 37.0 Å². The van der Waals surface area contributed by atoms with Crippen molar-refractivity contribution in [3.05, 3.63) is 95.6 Å². The number of methoxy groups -OCH3 is 2. The predicted octanol–water partition coefficient (Wildman–Crippen LogP) is 3.05. The highest BCUT2D eigenvalue weighted by Crippen LogP contribution is 2.27. The quantitative estimate of drug-likeness (QED) is 0.159. The Bertz CT molecular complexity index is 1400. The fourth-order valence-electron chi connectivity index (χ4n) is 4.63. The molecule has 0 aliphatic rings. The lowest BCUT2D eigenvalue weighted by atomic mass is 9.96. The topological polar surface area (TPSA) is 177 Å². The summed E-state index contributed by atoms with van der Waals surface area (Å²) < 4.78 is 10.5. The first-order chi connectivity index (χ1) is 21.9. The van der Waals surface area contributed by atoms with E-state index in [1.165, 1.54) is 14.2 Å². The molecule has 0 saturated carbocycles. The number of carboxylic acids is 1. The molecular formula is C35H45N3O8. The fourth-order valence-corrected chi connectivity index (χ4v) is 4.63. The van der Waals surface area contributed by atoms with Gasteiger partial charge in [-0.2, -0.15) is 0 Å². The number of nitrogens with one attached hydrogen (secondary N) is 2. The van der Waals surface area contributed by atoms with Crippen molar-refractivity contribution in [3.63, 3.8) is 0 Å². The van der Waals surface area contributed by atoms with Gasteiger partial charge < -0.3 is 36.1 Å². The zero-order chi connectivity index (χ0) is 34.1. The van der Waals surface area contributed by atoms with Crippen LogP contribution in [0.1, 0.15) is 43.4 Å². The Morgan fingerprint density at radius 3 is 1.89 bits per heavy atom. The molecule has 3 atom stereocenters. The molecule has 3 amide bonds. The second-order valence-corrected chi connectivity index (χ2v) is 11.1. The highest BCUT2D eigenvalue weighted by atomic mass is 16.5. The second kappa shape index (κ2) is 19.5. The minimum absolute atomic E-state index is 0.00881. The number of nitrogens with two attached hydrogens (primary N) is 1. The first-order valence-electron chi connectivity index (χ1n) is 15.0. The molecule has 0 bridgehead atoms. The molecular weight excluding hydrogens is 590 g/mol. The van der Waals surface area contributed by atoms with Crippen LogP contribution in [0.15, 0.2) is 78.9 Å². The highest BCUT2D eigenvalue weighted by Gasteiger charge is 2.29. The molecule has 248 valence electrons. The maximum atomic E-state index is 13.2. The summed E-state index contributed by atoms with van der Waals surface area (Å²) in [5.41, 5.74) is 7.53. The lowest BCUT2D eigenvalue weighted by molar-refractivity contribution is -0.137. The second-order valence-electron chi connectivity index (χ2n) is 11.1. The molecule has 6 N–H and O–H groups in total. The van der Waals surface area contributed by atoms with Gasteiger partial charge in [0.15, 0.2) is 11.5 Å². The number of benzene rings is 3. The van der Waals surface area contributed by atoms with E-state index in [4.69, 9.17) is 20.3 Å². The number of aliphatic hydroxyl groups is 1. The number of amides is 3. The van der Waals surface area contributed by atoms with Crippen LogP contribution in [0.2, 0.25) is 0 Å². The fraction of sp³-hybridized carbons (Fsp3) is 0.371. The number of carbonyl (C=O) groups excluding carboxylic acids is 3. The normalized spacial score (nSPS) is 12.5. The zero-order valence-electron chi connectivity index (χ0n) is 26.8. The molecule has 0 aromatic heterocycles. The summed E-state index contributed by atoms with van der Waals surface area (Å²) in [6, 6.07) is 22.3. The van der Waals surface area contributed by atoms with Crippen molar-refractivity contribution in [2.24, 2.45) is 11.7 Å². The largest absolute Gasteiger partial charge is 0.493 e. The molecule has 0 saturated heterocycles. The highest BCUT2D eigenvalue weighted by molar-refractivity contribution is 5.89. The number of ether oxygens (including phenoxy) is 2. The van der Waals surface area contributed by atoms with Crippen LogP contribution < -0.4 is 25.8 Å². The third-order valence-electron chi connectivity index (χ3n) is 7.04. The van der Waals surface area contributed by atoms with Crippen LogP contribution in [-0.2, 0) is 38.4 Å². The number of hydrogen-bond donors (Lipinski definition) is 5. The van der Waals surface area contributed by atoms with Gasteiger partial charge >= 0.3 is 5.97 Å². The van der Waals surface area contributed by atoms with E-state index in [9.17, 15) is 24.3 Å². The number of aliphatic carboxylic acids is 1. The molecule has 11 nitrogen and oxygen atoms in total. The summed E-state index contributed by atoms with van der Waals surface area (Å²) in [7, 11) is 3.04. The SMILES string of the molecule is COc1ccc(CC(=O)NC(C(=O)NC(Cc2ccccc2)C(O)CCC(=O)O)C(C)C)cc1OC.NC(=O)Cc1ccccc1. The van der Waals surface area contributed by atoms with E-state index in [2.05, 4.69) is 10.6 Å². The van der Waals surface area contributed by atoms with Crippen LogP contribution in [0.4, 0.5) is 0 Å². The number of carboxylic acid groups (broad SMARTS) is 1. The van der Waals surface area contributed by atoms with Gasteiger partial charge in [-0.25, -0.2) is 0 Å². The first-order valence-corrected chi connectivity index (χ1v) is 15.0. The lowest BCUT2D eigenvalue weighted by Gasteiger charge is -2.28. The smallest absolute Gasteiger partial charge is 0.303 e. The van der Waals surface area contributed by atoms with Crippen LogP contribution in [0.3, 0.4) is 0 Å². The van der Waals surface area contributed by atoms with E-state index >= 15 is 0 Å². The maximum Gasteiger partial charge on any atom is 0.303 e. The van der Waals surface area contributed by atoms with Gasteiger partial charge in [0, 0.05) is 6.42 Å². The summed E-state index contributed by atoms with van der Waals surface area (Å²) in [4.78, 5) is 47.4. The average Bonchev–Trinajstić information content (AvgIpc) is 3.02. The van der Waals surface area contributed by atoms with Crippen molar-refractivity contribution in [1.29, 1.82) is 0 Å². The Hall–Kier alpha value is -4.90. The molecule has 3 unspecified atom stereocenters. The van der Waals surface area contributed by atoms with Crippen LogP contribution in [0, 0.1) is 5.92 Å². The summed E-state index contributed by atoms with van der Waals surface area (Å²) in [5, 5.41) is 25.3. The summed E-state index contributed by atoms with van der Waals surface area (Å²) in [6.45, 7) is 3.63. The molecule has 0 heterocycles. The van der Waals surface area contributed by atoms with Gasteiger partial charge in [-0.15, -0.1) is 0 Å². The molecule has 0 radical (unpaired) electrons. The van der Waals surface area contributed by atoms with Gasteiger partial charge in [0.2, 0.25) is 17.7 Å². The first kappa shape index (κ1) is 37.3. The van der Waals surface area contributed by atoms with Crippen molar-refractivity contribution in [2.75, 3.05) is 14.2 Å². The number of rotatable bonds is 16. The standard InChI is InChI=1S/C27H36N2O7.C8H9NO/c1-17(2)26(29-24(31)16-19-10-12-22(35-3)23(15-19)36-4)27(34)28-20(21(30)11-13-25(32)33)14-18-8-6-5-7-9-18;9-8(10)6-7-4-2-1-3-5-7/h5-10,12,15,17,20-21,26,30H,11,13-14,16H2,1-4H3,(H,28,34)(H,29,31)(H,32,33);1-5H,6H2,(H2,9,10). The minimum atomic E-state index is -1.07. The molecule has 46 heavy (non-hydrogen) atoms. The molecule has 11 heteroatoms. The third kappa shape index (κ3) is 13.4. The van der Waals surface area contributed by atoms with E-state index in [0.29, 0.717) is 29.9 Å². The summed E-state index contributed by atoms with van der Waals surface area (Å²) >= 11 is 0. The predicted molar refractivity (Wildman–Crippen MR) is 174 cm³/mol. The Morgan fingerprint density at radius 2 is 1.37 bits per heavy atom. The molecule has 0 spiro atoms. The van der Waals surface area contributed by atoms with Crippen LogP contribution in [0.5, 0.6) is 11.5 Å². The molecule has 0 aliphatic carbocycles. The Kier molecular flexibility index (Phi) is 15.8. The van der Waals surface area contributed by atoms with Crippen LogP contribution >= 0.6 is 0 Å². The Morgan fingerprint density at radius 1 is 0.783 bits per heavy atom. The van der Waals surface area contributed by atoms with Crippen LogP contribution in [0.25, 0.3) is 0 Å². The lowest BCUT2D eigenvalue weighted by Crippen LogP contribution is -2.55. The van der Waals surface area contributed by atoms with Gasteiger partial charge in [0.05, 0.1) is 39.2 Å². The monoisotopic (exact) mass is 635 g/mol. The summed E-state index contributed by atoms with van der Waals surface area (Å²) in [5.74, 6) is -1.28. The number of hydrogen-bond acceptors (Lipinski definition) is 7. The van der Waals surface area contributed by atoms with Gasteiger partial charge in [0.1, 0.15) is 6.04 Å². The Labute approximate surface area is 270 Å². The van der Waals surface area contributed by atoms with Gasteiger partial charge in [-0.3, -0.25) is 19.2 Å². The van der Waals surface area contributed by atoms with Crippen molar-refractivity contribution in [3.8, 4) is 11.5 Å². The zero-order valence-corrected chi connectivity index (χ0v) is 26.8. The maximum absolute atomic E-state index is 13.2. The van der Waals surface area contributed by atoms with Crippen molar-refractivity contribution >= 4 is 23.7 Å². The Balaban J connectivity index is 0.000000623.